The summed E-state index contributed by atoms with van der Waals surface area (Å²) in [7, 11) is 0. The molecule has 0 spiro atoms. The number of benzene rings is 1. The maximum absolute atomic E-state index is 13.6. The Morgan fingerprint density at radius 1 is 1.06 bits per heavy atom. The topological polar surface area (TPSA) is 20.2 Å². The van der Waals surface area contributed by atoms with Crippen LogP contribution in [0.1, 0.15) is 43.6 Å². The van der Waals surface area contributed by atoms with Crippen molar-refractivity contribution in [2.24, 2.45) is 0 Å². The third kappa shape index (κ3) is 2.40. The van der Waals surface area contributed by atoms with Gasteiger partial charge in [-0.25, -0.2) is 8.78 Å². The van der Waals surface area contributed by atoms with E-state index in [1.807, 2.05) is 0 Å². The minimum atomic E-state index is -0.565. The van der Waals surface area contributed by atoms with Crippen molar-refractivity contribution in [3.8, 4) is 0 Å². The van der Waals surface area contributed by atoms with Gasteiger partial charge in [0.05, 0.1) is 6.10 Å². The van der Waals surface area contributed by atoms with Gasteiger partial charge in [-0.05, 0) is 24.5 Å². The van der Waals surface area contributed by atoms with E-state index >= 15 is 0 Å². The molecule has 0 saturated heterocycles. The third-order valence-corrected chi connectivity index (χ3v) is 3.34. The maximum atomic E-state index is 13.6. The van der Waals surface area contributed by atoms with E-state index in [4.69, 9.17) is 0 Å². The lowest BCUT2D eigenvalue weighted by atomic mass is 9.89. The first-order chi connectivity index (χ1) is 7.68. The Labute approximate surface area is 94.1 Å². The summed E-state index contributed by atoms with van der Waals surface area (Å²) in [6, 6.07) is 3.62. The average molecular weight is 226 g/mol. The smallest absolute Gasteiger partial charge is 0.129 e. The van der Waals surface area contributed by atoms with Crippen LogP contribution in [0.3, 0.4) is 0 Å². The van der Waals surface area contributed by atoms with Crippen LogP contribution in [0.5, 0.6) is 0 Å². The lowest BCUT2D eigenvalue weighted by Crippen LogP contribution is -2.18. The van der Waals surface area contributed by atoms with Crippen molar-refractivity contribution in [3.63, 3.8) is 0 Å². The zero-order chi connectivity index (χ0) is 11.5. The highest BCUT2D eigenvalue weighted by Crippen LogP contribution is 2.33. The normalized spacial score (nSPS) is 26.4. The average Bonchev–Trinajstić information content (AvgIpc) is 2.44. The summed E-state index contributed by atoms with van der Waals surface area (Å²) in [6.45, 7) is 0. The fourth-order valence-electron chi connectivity index (χ4n) is 2.45. The van der Waals surface area contributed by atoms with Crippen LogP contribution < -0.4 is 0 Å². The van der Waals surface area contributed by atoms with Crippen LogP contribution in [0.15, 0.2) is 18.2 Å². The first kappa shape index (κ1) is 11.5. The van der Waals surface area contributed by atoms with E-state index in [0.29, 0.717) is 12.0 Å². The lowest BCUT2D eigenvalue weighted by Gasteiger charge is -2.21. The molecule has 3 heteroatoms. The monoisotopic (exact) mass is 226 g/mol. The first-order valence-corrected chi connectivity index (χ1v) is 5.81. The molecule has 1 aliphatic rings. The summed E-state index contributed by atoms with van der Waals surface area (Å²) in [5.74, 6) is -1.28. The van der Waals surface area contributed by atoms with Crippen LogP contribution >= 0.6 is 0 Å². The zero-order valence-electron chi connectivity index (χ0n) is 9.13. The van der Waals surface area contributed by atoms with Crippen LogP contribution in [0, 0.1) is 11.6 Å². The highest BCUT2D eigenvalue weighted by Gasteiger charge is 2.25. The molecule has 1 N–H and O–H groups in total. The van der Waals surface area contributed by atoms with E-state index < -0.39 is 17.7 Å². The Morgan fingerprint density at radius 3 is 2.56 bits per heavy atom. The fourth-order valence-corrected chi connectivity index (χ4v) is 2.45. The van der Waals surface area contributed by atoms with Gasteiger partial charge in [0.2, 0.25) is 0 Å². The van der Waals surface area contributed by atoms with Gasteiger partial charge in [-0.2, -0.15) is 0 Å². The number of hydrogen-bond acceptors (Lipinski definition) is 1. The van der Waals surface area contributed by atoms with Crippen LogP contribution in [-0.2, 0) is 0 Å². The van der Waals surface area contributed by atoms with Gasteiger partial charge in [0, 0.05) is 12.0 Å². The van der Waals surface area contributed by atoms with Crippen molar-refractivity contribution >= 4 is 0 Å². The van der Waals surface area contributed by atoms with Gasteiger partial charge in [0.25, 0.3) is 0 Å². The van der Waals surface area contributed by atoms with Gasteiger partial charge >= 0.3 is 0 Å². The van der Waals surface area contributed by atoms with E-state index in [1.54, 1.807) is 0 Å². The summed E-state index contributed by atoms with van der Waals surface area (Å²) >= 11 is 0. The Balaban J connectivity index is 2.27. The molecule has 1 nitrogen and oxygen atoms in total. The number of aliphatic hydroxyl groups excluding tert-OH is 1. The number of hydrogen-bond donors (Lipinski definition) is 1. The maximum Gasteiger partial charge on any atom is 0.129 e. The largest absolute Gasteiger partial charge is 0.392 e. The third-order valence-electron chi connectivity index (χ3n) is 3.34. The quantitative estimate of drug-likeness (QED) is 0.728. The molecule has 0 aliphatic heterocycles. The standard InChI is InChI=1S/C13H16F2O/c14-9-6-7-10(12(15)8-9)11-4-2-1-3-5-13(11)16/h6-8,11,13,16H,1-5H2. The van der Waals surface area contributed by atoms with Gasteiger partial charge in [0.1, 0.15) is 11.6 Å². The van der Waals surface area contributed by atoms with Crippen molar-refractivity contribution in [2.45, 2.75) is 44.1 Å². The molecule has 0 heterocycles. The van der Waals surface area contributed by atoms with Gasteiger partial charge in [-0.1, -0.05) is 25.3 Å². The zero-order valence-corrected chi connectivity index (χ0v) is 9.13. The molecule has 0 aromatic heterocycles. The SMILES string of the molecule is OC1CCCCCC1c1ccc(F)cc1F. The Hall–Kier alpha value is -0.960. The Bertz CT molecular complexity index is 365. The molecule has 2 unspecified atom stereocenters. The van der Waals surface area contributed by atoms with Crippen molar-refractivity contribution < 1.29 is 13.9 Å². The molecule has 0 radical (unpaired) electrons. The molecule has 0 bridgehead atoms. The molecular formula is C13H16F2O. The van der Waals surface area contributed by atoms with E-state index in [0.717, 1.165) is 31.7 Å². The van der Waals surface area contributed by atoms with Crippen molar-refractivity contribution in [3.05, 3.63) is 35.4 Å². The van der Waals surface area contributed by atoms with Gasteiger partial charge in [-0.3, -0.25) is 0 Å². The van der Waals surface area contributed by atoms with Crippen LogP contribution in [0.4, 0.5) is 8.78 Å². The molecule has 1 aliphatic carbocycles. The Morgan fingerprint density at radius 2 is 1.81 bits per heavy atom. The summed E-state index contributed by atoms with van der Waals surface area (Å²) in [6.07, 6.45) is 4.06. The van der Waals surface area contributed by atoms with Gasteiger partial charge in [0.15, 0.2) is 0 Å². The second-order valence-electron chi connectivity index (χ2n) is 4.48. The minimum absolute atomic E-state index is 0.178. The molecule has 0 amide bonds. The second kappa shape index (κ2) is 4.91. The van der Waals surface area contributed by atoms with Gasteiger partial charge < -0.3 is 5.11 Å². The molecule has 1 saturated carbocycles. The molecule has 2 rings (SSSR count). The van der Waals surface area contributed by atoms with E-state index in [9.17, 15) is 13.9 Å². The predicted octanol–water partition coefficient (Wildman–Crippen LogP) is 3.37. The molecule has 16 heavy (non-hydrogen) atoms. The number of halogens is 2. The van der Waals surface area contributed by atoms with E-state index in [2.05, 4.69) is 0 Å². The highest BCUT2D eigenvalue weighted by atomic mass is 19.1. The number of rotatable bonds is 1. The molecule has 1 fully saturated rings. The molecule has 2 atom stereocenters. The van der Waals surface area contributed by atoms with Crippen LogP contribution in [0.25, 0.3) is 0 Å². The van der Waals surface area contributed by atoms with E-state index in [1.165, 1.54) is 12.1 Å². The summed E-state index contributed by atoms with van der Waals surface area (Å²) < 4.78 is 26.4. The fraction of sp³-hybridized carbons (Fsp3) is 0.538. The highest BCUT2D eigenvalue weighted by molar-refractivity contribution is 5.24. The lowest BCUT2D eigenvalue weighted by molar-refractivity contribution is 0.133. The molecule has 1 aromatic carbocycles. The molecule has 1 aromatic rings. The van der Waals surface area contributed by atoms with Crippen LogP contribution in [-0.4, -0.2) is 11.2 Å². The first-order valence-electron chi connectivity index (χ1n) is 5.81. The summed E-state index contributed by atoms with van der Waals surface area (Å²) in [5.41, 5.74) is 0.454. The minimum Gasteiger partial charge on any atom is -0.392 e. The molecule has 88 valence electrons. The Kier molecular flexibility index (Phi) is 3.54. The van der Waals surface area contributed by atoms with Crippen molar-refractivity contribution in [1.82, 2.24) is 0 Å². The predicted molar refractivity (Wildman–Crippen MR) is 58.2 cm³/mol. The van der Waals surface area contributed by atoms with Gasteiger partial charge in [-0.15, -0.1) is 0 Å². The van der Waals surface area contributed by atoms with Crippen molar-refractivity contribution in [1.29, 1.82) is 0 Å². The van der Waals surface area contributed by atoms with E-state index in [-0.39, 0.29) is 5.92 Å². The number of aliphatic hydroxyl groups is 1. The van der Waals surface area contributed by atoms with Crippen molar-refractivity contribution in [2.75, 3.05) is 0 Å². The summed E-state index contributed by atoms with van der Waals surface area (Å²) in [4.78, 5) is 0. The second-order valence-corrected chi connectivity index (χ2v) is 4.48. The van der Waals surface area contributed by atoms with Crippen LogP contribution in [0.2, 0.25) is 0 Å². The molecular weight excluding hydrogens is 210 g/mol. The summed E-state index contributed by atoms with van der Waals surface area (Å²) in [5, 5.41) is 9.94.